The van der Waals surface area contributed by atoms with Gasteiger partial charge in [0.2, 0.25) is 11.7 Å². The number of para-hydroxylation sites is 1. The molecule has 2 aromatic rings. The maximum atomic E-state index is 5.93. The summed E-state index contributed by atoms with van der Waals surface area (Å²) in [5.74, 6) is 1.91. The fourth-order valence-corrected chi connectivity index (χ4v) is 1.79. The number of aromatic nitrogens is 2. The van der Waals surface area contributed by atoms with Crippen molar-refractivity contribution in [1.82, 2.24) is 10.1 Å². The summed E-state index contributed by atoms with van der Waals surface area (Å²) in [6, 6.07) is 9.63. The molecule has 1 heterocycles. The van der Waals surface area contributed by atoms with Crippen LogP contribution >= 0.6 is 0 Å². The van der Waals surface area contributed by atoms with Crippen LogP contribution in [0.1, 0.15) is 31.5 Å². The molecular weight excluding hydrogens is 242 g/mol. The lowest BCUT2D eigenvalue weighted by atomic mass is 10.1. The highest BCUT2D eigenvalue weighted by Gasteiger charge is 2.11. The van der Waals surface area contributed by atoms with E-state index >= 15 is 0 Å². The number of hydrogen-bond acceptors (Lipinski definition) is 5. The van der Waals surface area contributed by atoms with Crippen LogP contribution in [0.5, 0.6) is 5.75 Å². The van der Waals surface area contributed by atoms with Gasteiger partial charge >= 0.3 is 0 Å². The zero-order chi connectivity index (χ0) is 13.5. The lowest BCUT2D eigenvalue weighted by Crippen LogP contribution is -2.22. The summed E-state index contributed by atoms with van der Waals surface area (Å²) in [5, 5.41) is 3.88. The third-order valence-electron chi connectivity index (χ3n) is 2.72. The van der Waals surface area contributed by atoms with Crippen molar-refractivity contribution in [2.75, 3.05) is 0 Å². The smallest absolute Gasteiger partial charge is 0.228 e. The maximum absolute atomic E-state index is 5.93. The molecule has 2 rings (SSSR count). The molecule has 1 aromatic carbocycles. The molecule has 0 amide bonds. The monoisotopic (exact) mass is 261 g/mol. The van der Waals surface area contributed by atoms with E-state index in [0.717, 1.165) is 18.6 Å². The molecule has 5 nitrogen and oxygen atoms in total. The number of nitrogens with two attached hydrogens (primary N) is 1. The van der Waals surface area contributed by atoms with Crippen molar-refractivity contribution in [2.45, 2.75) is 38.8 Å². The van der Waals surface area contributed by atoms with E-state index in [2.05, 4.69) is 17.1 Å². The largest absolute Gasteiger partial charge is 0.485 e. The molecule has 19 heavy (non-hydrogen) atoms. The average Bonchev–Trinajstić information content (AvgIpc) is 2.85. The molecular formula is C14H19N3O2. The summed E-state index contributed by atoms with van der Waals surface area (Å²) >= 11 is 0. The Kier molecular flexibility index (Phi) is 4.92. The van der Waals surface area contributed by atoms with Crippen molar-refractivity contribution in [1.29, 1.82) is 0 Å². The van der Waals surface area contributed by atoms with Crippen molar-refractivity contribution in [2.24, 2.45) is 5.73 Å². The number of hydrogen-bond donors (Lipinski definition) is 1. The van der Waals surface area contributed by atoms with Gasteiger partial charge in [-0.25, -0.2) is 0 Å². The summed E-state index contributed by atoms with van der Waals surface area (Å²) in [6.07, 6.45) is 2.63. The van der Waals surface area contributed by atoms with E-state index in [1.807, 2.05) is 30.3 Å². The highest BCUT2D eigenvalue weighted by molar-refractivity contribution is 5.20. The first-order chi connectivity index (χ1) is 9.28. The van der Waals surface area contributed by atoms with E-state index in [4.69, 9.17) is 15.0 Å². The van der Waals surface area contributed by atoms with Crippen LogP contribution in [0.2, 0.25) is 0 Å². The molecule has 0 radical (unpaired) electrons. The van der Waals surface area contributed by atoms with Gasteiger partial charge in [-0.2, -0.15) is 4.98 Å². The van der Waals surface area contributed by atoms with Gasteiger partial charge in [0.25, 0.3) is 0 Å². The van der Waals surface area contributed by atoms with Gasteiger partial charge in [0.1, 0.15) is 5.75 Å². The van der Waals surface area contributed by atoms with Gasteiger partial charge in [-0.3, -0.25) is 0 Å². The molecule has 1 atom stereocenters. The van der Waals surface area contributed by atoms with Crippen LogP contribution in [0.25, 0.3) is 0 Å². The van der Waals surface area contributed by atoms with Crippen LogP contribution in [0.15, 0.2) is 34.9 Å². The third kappa shape index (κ3) is 4.37. The van der Waals surface area contributed by atoms with Crippen molar-refractivity contribution in [3.8, 4) is 5.75 Å². The zero-order valence-corrected chi connectivity index (χ0v) is 11.1. The molecule has 0 saturated carbocycles. The van der Waals surface area contributed by atoms with Crippen LogP contribution in [-0.2, 0) is 13.0 Å². The van der Waals surface area contributed by atoms with Crippen LogP contribution in [0.3, 0.4) is 0 Å². The highest BCUT2D eigenvalue weighted by Crippen LogP contribution is 2.11. The van der Waals surface area contributed by atoms with E-state index in [1.165, 1.54) is 0 Å². The first-order valence-electron chi connectivity index (χ1n) is 6.53. The summed E-state index contributed by atoms with van der Waals surface area (Å²) in [6.45, 7) is 2.41. The Labute approximate surface area is 112 Å². The SMILES string of the molecule is CCCC(N)Cc1nc(COc2ccccc2)no1. The van der Waals surface area contributed by atoms with Gasteiger partial charge in [-0.15, -0.1) is 0 Å². The Balaban J connectivity index is 1.84. The van der Waals surface area contributed by atoms with E-state index in [-0.39, 0.29) is 6.04 Å². The Bertz CT molecular complexity index is 484. The van der Waals surface area contributed by atoms with Crippen molar-refractivity contribution in [3.05, 3.63) is 42.0 Å². The number of rotatable bonds is 7. The van der Waals surface area contributed by atoms with Crippen LogP contribution in [-0.4, -0.2) is 16.2 Å². The molecule has 0 aliphatic carbocycles. The Morgan fingerprint density at radius 1 is 1.32 bits per heavy atom. The second-order valence-electron chi connectivity index (χ2n) is 4.46. The minimum atomic E-state index is 0.0772. The summed E-state index contributed by atoms with van der Waals surface area (Å²) in [5.41, 5.74) is 5.93. The highest BCUT2D eigenvalue weighted by atomic mass is 16.5. The van der Waals surface area contributed by atoms with Crippen LogP contribution < -0.4 is 10.5 Å². The fraction of sp³-hybridized carbons (Fsp3) is 0.429. The molecule has 0 bridgehead atoms. The van der Waals surface area contributed by atoms with Gasteiger partial charge in [0.15, 0.2) is 6.61 Å². The zero-order valence-electron chi connectivity index (χ0n) is 11.1. The Morgan fingerprint density at radius 2 is 2.11 bits per heavy atom. The quantitative estimate of drug-likeness (QED) is 0.828. The fourth-order valence-electron chi connectivity index (χ4n) is 1.79. The minimum Gasteiger partial charge on any atom is -0.485 e. The number of benzene rings is 1. The average molecular weight is 261 g/mol. The van der Waals surface area contributed by atoms with Gasteiger partial charge in [0, 0.05) is 12.5 Å². The molecule has 1 aromatic heterocycles. The summed E-state index contributed by atoms with van der Waals surface area (Å²) < 4.78 is 10.7. The van der Waals surface area contributed by atoms with Crippen molar-refractivity contribution in [3.63, 3.8) is 0 Å². The molecule has 0 saturated heterocycles. The first kappa shape index (κ1) is 13.5. The van der Waals surface area contributed by atoms with Gasteiger partial charge in [-0.05, 0) is 18.6 Å². The second kappa shape index (κ2) is 6.89. The van der Waals surface area contributed by atoms with Crippen LogP contribution in [0, 0.1) is 0 Å². The minimum absolute atomic E-state index is 0.0772. The van der Waals surface area contributed by atoms with E-state index in [1.54, 1.807) is 0 Å². The Morgan fingerprint density at radius 3 is 2.84 bits per heavy atom. The van der Waals surface area contributed by atoms with Gasteiger partial charge in [0.05, 0.1) is 0 Å². The van der Waals surface area contributed by atoms with Crippen LogP contribution in [0.4, 0.5) is 0 Å². The number of ether oxygens (including phenoxy) is 1. The molecule has 0 aliphatic rings. The topological polar surface area (TPSA) is 74.2 Å². The molecule has 0 fully saturated rings. The molecule has 2 N–H and O–H groups in total. The standard InChI is InChI=1S/C14H19N3O2/c1-2-6-11(15)9-14-16-13(17-19-14)10-18-12-7-4-3-5-8-12/h3-5,7-8,11H,2,6,9-10,15H2,1H3. The number of nitrogens with zero attached hydrogens (tertiary/aromatic N) is 2. The first-order valence-corrected chi connectivity index (χ1v) is 6.53. The Hall–Kier alpha value is -1.88. The van der Waals surface area contributed by atoms with E-state index in [9.17, 15) is 0 Å². The predicted molar refractivity (Wildman–Crippen MR) is 71.7 cm³/mol. The van der Waals surface area contributed by atoms with Gasteiger partial charge in [-0.1, -0.05) is 36.7 Å². The molecule has 1 unspecified atom stereocenters. The molecule has 5 heteroatoms. The summed E-state index contributed by atoms with van der Waals surface area (Å²) in [7, 11) is 0. The lowest BCUT2D eigenvalue weighted by molar-refractivity contribution is 0.284. The maximum Gasteiger partial charge on any atom is 0.228 e. The third-order valence-corrected chi connectivity index (χ3v) is 2.72. The van der Waals surface area contributed by atoms with Crippen molar-refractivity contribution < 1.29 is 9.26 Å². The normalized spacial score (nSPS) is 12.3. The van der Waals surface area contributed by atoms with Gasteiger partial charge < -0.3 is 15.0 Å². The van der Waals surface area contributed by atoms with E-state index in [0.29, 0.717) is 24.7 Å². The second-order valence-corrected chi connectivity index (χ2v) is 4.46. The molecule has 0 spiro atoms. The predicted octanol–water partition coefficient (Wildman–Crippen LogP) is 2.32. The lowest BCUT2D eigenvalue weighted by Gasteiger charge is -2.05. The summed E-state index contributed by atoms with van der Waals surface area (Å²) in [4.78, 5) is 4.26. The molecule has 0 aliphatic heterocycles. The molecule has 102 valence electrons. The van der Waals surface area contributed by atoms with Crippen molar-refractivity contribution >= 4 is 0 Å². The van der Waals surface area contributed by atoms with E-state index < -0.39 is 0 Å².